The van der Waals surface area contributed by atoms with Crippen LogP contribution in [0.3, 0.4) is 0 Å². The lowest BCUT2D eigenvalue weighted by molar-refractivity contribution is 0.703. The highest BCUT2D eigenvalue weighted by Gasteiger charge is 2.48. The van der Waals surface area contributed by atoms with Crippen LogP contribution in [0.2, 0.25) is 0 Å². The highest BCUT2D eigenvalue weighted by atomic mass is 14.7. The highest BCUT2D eigenvalue weighted by Crippen LogP contribution is 2.55. The third-order valence-electron chi connectivity index (χ3n) is 4.14. The van der Waals surface area contributed by atoms with Gasteiger partial charge in [0.25, 0.3) is 0 Å². The largest absolute Gasteiger partial charge is 0.256 e. The molecule has 2 unspecified atom stereocenters. The lowest BCUT2D eigenvalue weighted by atomic mass is 9.90. The molecule has 0 radical (unpaired) electrons. The average molecular weight is 223 g/mol. The molecular weight excluding hydrogens is 206 g/mol. The van der Waals surface area contributed by atoms with Gasteiger partial charge in [-0.25, -0.2) is 0 Å². The van der Waals surface area contributed by atoms with E-state index in [9.17, 15) is 0 Å². The lowest BCUT2D eigenvalue weighted by Crippen LogP contribution is -2.05. The number of hydrogen-bond donors (Lipinski definition) is 0. The predicted molar refractivity (Wildman–Crippen MR) is 70.8 cm³/mol. The van der Waals surface area contributed by atoms with Crippen LogP contribution < -0.4 is 0 Å². The fourth-order valence-corrected chi connectivity index (χ4v) is 2.68. The van der Waals surface area contributed by atoms with E-state index in [0.717, 1.165) is 11.6 Å². The van der Waals surface area contributed by atoms with Gasteiger partial charge in [-0.1, -0.05) is 44.2 Å². The average Bonchev–Trinajstić information content (AvgIpc) is 3.00. The predicted octanol–water partition coefficient (Wildman–Crippen LogP) is 4.05. The summed E-state index contributed by atoms with van der Waals surface area (Å²) in [5.74, 6) is 0.785. The zero-order valence-corrected chi connectivity index (χ0v) is 10.4. The number of rotatable bonds is 2. The third-order valence-corrected chi connectivity index (χ3v) is 4.14. The van der Waals surface area contributed by atoms with Crippen LogP contribution in [0, 0.1) is 5.92 Å². The molecule has 1 aliphatic rings. The molecule has 0 N–H and O–H groups in total. The molecule has 0 spiro atoms. The van der Waals surface area contributed by atoms with Gasteiger partial charge in [-0.15, -0.1) is 0 Å². The fraction of sp³-hybridized carbons (Fsp3) is 0.312. The van der Waals surface area contributed by atoms with Crippen LogP contribution in [-0.4, -0.2) is 4.98 Å². The van der Waals surface area contributed by atoms with E-state index in [-0.39, 0.29) is 0 Å². The number of nitrogens with zero attached hydrogens (tertiary/aromatic N) is 1. The molecule has 0 bridgehead atoms. The summed E-state index contributed by atoms with van der Waals surface area (Å²) in [5, 5.41) is 0. The first-order valence-electron chi connectivity index (χ1n) is 6.23. The van der Waals surface area contributed by atoms with Gasteiger partial charge >= 0.3 is 0 Å². The van der Waals surface area contributed by atoms with Crippen LogP contribution in [0.25, 0.3) is 11.3 Å². The van der Waals surface area contributed by atoms with Gasteiger partial charge in [0.2, 0.25) is 0 Å². The van der Waals surface area contributed by atoms with Crippen molar-refractivity contribution < 1.29 is 0 Å². The zero-order chi connectivity index (χ0) is 11.9. The second kappa shape index (κ2) is 3.69. The van der Waals surface area contributed by atoms with Crippen LogP contribution in [0.5, 0.6) is 0 Å². The number of benzene rings is 1. The molecule has 3 rings (SSSR count). The first-order chi connectivity index (χ1) is 8.22. The molecule has 1 aliphatic carbocycles. The minimum atomic E-state index is 0.355. The zero-order valence-electron chi connectivity index (χ0n) is 10.4. The summed E-state index contributed by atoms with van der Waals surface area (Å²) in [6.45, 7) is 4.69. The van der Waals surface area contributed by atoms with E-state index < -0.39 is 0 Å². The number of aromatic nitrogens is 1. The summed E-state index contributed by atoms with van der Waals surface area (Å²) < 4.78 is 0. The maximum atomic E-state index is 4.48. The maximum Gasteiger partial charge on any atom is 0.0704 e. The molecule has 17 heavy (non-hydrogen) atoms. The van der Waals surface area contributed by atoms with Crippen molar-refractivity contribution in [2.45, 2.75) is 25.7 Å². The van der Waals surface area contributed by atoms with Gasteiger partial charge in [-0.05, 0) is 35.4 Å². The summed E-state index contributed by atoms with van der Waals surface area (Å²) in [4.78, 5) is 4.48. The Morgan fingerprint density at radius 3 is 2.47 bits per heavy atom. The molecule has 1 heterocycles. The molecule has 2 aromatic rings. The van der Waals surface area contributed by atoms with Crippen LogP contribution in [-0.2, 0) is 5.41 Å². The molecule has 0 amide bonds. The second-order valence-corrected chi connectivity index (χ2v) is 5.28. The van der Waals surface area contributed by atoms with Crippen molar-refractivity contribution in [2.24, 2.45) is 5.92 Å². The Morgan fingerprint density at radius 2 is 1.82 bits per heavy atom. The smallest absolute Gasteiger partial charge is 0.0704 e. The Morgan fingerprint density at radius 1 is 1.12 bits per heavy atom. The molecule has 1 aromatic heterocycles. The van der Waals surface area contributed by atoms with E-state index in [4.69, 9.17) is 0 Å². The van der Waals surface area contributed by atoms with Crippen molar-refractivity contribution in [1.82, 2.24) is 4.98 Å². The van der Waals surface area contributed by atoms with E-state index in [1.807, 2.05) is 12.3 Å². The van der Waals surface area contributed by atoms with E-state index in [1.165, 1.54) is 17.5 Å². The molecule has 1 nitrogen and oxygen atoms in total. The van der Waals surface area contributed by atoms with Gasteiger partial charge in [-0.2, -0.15) is 0 Å². The van der Waals surface area contributed by atoms with Gasteiger partial charge in [-0.3, -0.25) is 4.98 Å². The SMILES string of the molecule is CC1CC1(C)c1ccccc1-c1ccccn1. The lowest BCUT2D eigenvalue weighted by Gasteiger charge is -2.15. The topological polar surface area (TPSA) is 12.9 Å². The molecule has 0 saturated heterocycles. The van der Waals surface area contributed by atoms with Crippen LogP contribution >= 0.6 is 0 Å². The van der Waals surface area contributed by atoms with Gasteiger partial charge in [0, 0.05) is 11.8 Å². The number of hydrogen-bond acceptors (Lipinski definition) is 1. The quantitative estimate of drug-likeness (QED) is 0.748. The minimum Gasteiger partial charge on any atom is -0.256 e. The molecule has 0 aliphatic heterocycles. The highest BCUT2D eigenvalue weighted by molar-refractivity contribution is 5.66. The first-order valence-corrected chi connectivity index (χ1v) is 6.23. The normalized spacial score (nSPS) is 26.8. The van der Waals surface area contributed by atoms with E-state index >= 15 is 0 Å². The van der Waals surface area contributed by atoms with Crippen LogP contribution in [0.1, 0.15) is 25.8 Å². The number of pyridine rings is 1. The molecule has 1 heteroatoms. The summed E-state index contributed by atoms with van der Waals surface area (Å²) in [7, 11) is 0. The summed E-state index contributed by atoms with van der Waals surface area (Å²) in [5.41, 5.74) is 4.18. The van der Waals surface area contributed by atoms with Crippen molar-refractivity contribution in [2.75, 3.05) is 0 Å². The molecule has 1 aromatic carbocycles. The Kier molecular flexibility index (Phi) is 2.29. The van der Waals surface area contributed by atoms with E-state index in [0.29, 0.717) is 5.41 Å². The molecule has 1 saturated carbocycles. The standard InChI is InChI=1S/C16H17N/c1-12-11-16(12,2)14-8-4-3-7-13(14)15-9-5-6-10-17-15/h3-10,12H,11H2,1-2H3. The van der Waals surface area contributed by atoms with Gasteiger partial charge in [0.15, 0.2) is 0 Å². The van der Waals surface area contributed by atoms with E-state index in [2.05, 4.69) is 55.2 Å². The summed E-state index contributed by atoms with van der Waals surface area (Å²) in [6, 6.07) is 14.8. The summed E-state index contributed by atoms with van der Waals surface area (Å²) in [6.07, 6.45) is 3.15. The van der Waals surface area contributed by atoms with Crippen molar-refractivity contribution in [3.8, 4) is 11.3 Å². The van der Waals surface area contributed by atoms with Gasteiger partial charge < -0.3 is 0 Å². The second-order valence-electron chi connectivity index (χ2n) is 5.28. The van der Waals surface area contributed by atoms with E-state index in [1.54, 1.807) is 0 Å². The monoisotopic (exact) mass is 223 g/mol. The van der Waals surface area contributed by atoms with Gasteiger partial charge in [0.1, 0.15) is 0 Å². The van der Waals surface area contributed by atoms with Crippen molar-refractivity contribution in [1.29, 1.82) is 0 Å². The first kappa shape index (κ1) is 10.5. The summed E-state index contributed by atoms with van der Waals surface area (Å²) >= 11 is 0. The Hall–Kier alpha value is -1.63. The van der Waals surface area contributed by atoms with Crippen LogP contribution in [0.15, 0.2) is 48.7 Å². The molecule has 86 valence electrons. The Labute approximate surface area is 103 Å². The maximum absolute atomic E-state index is 4.48. The van der Waals surface area contributed by atoms with Crippen molar-refractivity contribution in [3.63, 3.8) is 0 Å². The van der Waals surface area contributed by atoms with Gasteiger partial charge in [0.05, 0.1) is 5.69 Å². The van der Waals surface area contributed by atoms with Crippen LogP contribution in [0.4, 0.5) is 0 Å². The Bertz CT molecular complexity index is 532. The van der Waals surface area contributed by atoms with Crippen molar-refractivity contribution in [3.05, 3.63) is 54.2 Å². The van der Waals surface area contributed by atoms with Crippen molar-refractivity contribution >= 4 is 0 Å². The Balaban J connectivity index is 2.13. The third kappa shape index (κ3) is 1.66. The molecule has 1 fully saturated rings. The minimum absolute atomic E-state index is 0.355. The fourth-order valence-electron chi connectivity index (χ4n) is 2.68. The molecular formula is C16H17N. The molecule has 2 atom stereocenters.